The maximum Gasteiger partial charge on any atom is 0.416 e. The molecule has 0 radical (unpaired) electrons. The van der Waals surface area contributed by atoms with Crippen LogP contribution in [0.15, 0.2) is 41.9 Å². The average Bonchev–Trinajstić information content (AvgIpc) is 3.33. The number of thiophene rings is 1. The lowest BCUT2D eigenvalue weighted by atomic mass is 9.97. The Hall–Kier alpha value is -2.72. The number of carbonyl (C=O) groups is 1. The highest BCUT2D eigenvalue weighted by atomic mass is 32.1. The topological polar surface area (TPSA) is 85.8 Å². The molecule has 0 fully saturated rings. The van der Waals surface area contributed by atoms with Gasteiger partial charge < -0.3 is 11.1 Å². The molecule has 0 aliphatic heterocycles. The predicted octanol–water partition coefficient (Wildman–Crippen LogP) is 3.11. The minimum absolute atomic E-state index is 0.178. The number of nitrogens with two attached hydrogens (primary N) is 1. The molecule has 3 N–H and O–H groups in total. The van der Waals surface area contributed by atoms with Crippen molar-refractivity contribution in [2.75, 3.05) is 13.1 Å². The van der Waals surface area contributed by atoms with Gasteiger partial charge in [0.25, 0.3) is 5.91 Å². The molecule has 1 aromatic carbocycles. The molecule has 0 aliphatic rings. The summed E-state index contributed by atoms with van der Waals surface area (Å²) < 4.78 is 40.2. The van der Waals surface area contributed by atoms with E-state index in [-0.39, 0.29) is 24.9 Å². The van der Waals surface area contributed by atoms with Crippen LogP contribution in [0.3, 0.4) is 0 Å². The third-order valence-corrected chi connectivity index (χ3v) is 5.43. The summed E-state index contributed by atoms with van der Waals surface area (Å²) in [4.78, 5) is 13.0. The van der Waals surface area contributed by atoms with E-state index in [4.69, 9.17) is 5.73 Å². The molecule has 10 heteroatoms. The number of nitrogens with zero attached hydrogens (tertiary/aromatic N) is 3. The number of hydrogen-bond acceptors (Lipinski definition) is 5. The van der Waals surface area contributed by atoms with Crippen molar-refractivity contribution < 1.29 is 18.0 Å². The average molecular weight is 423 g/mol. The fourth-order valence-electron chi connectivity index (χ4n) is 2.91. The zero-order valence-electron chi connectivity index (χ0n) is 15.6. The number of carbonyl (C=O) groups excluding carboxylic acids is 1. The van der Waals surface area contributed by atoms with E-state index in [2.05, 4.69) is 15.6 Å². The van der Waals surface area contributed by atoms with Crippen LogP contribution < -0.4 is 11.1 Å². The number of alkyl halides is 3. The number of amides is 1. The Balaban J connectivity index is 1.60. The van der Waals surface area contributed by atoms with Gasteiger partial charge in [0.1, 0.15) is 0 Å². The standard InChI is InChI=1S/C19H20F3N5OS/c1-27-16(10-25-26-27)14-7-17(29-11-14)18(28)24-9-13(8-23)5-12-3-2-4-15(6-12)19(20,21)22/h2-4,6-7,10-11,13H,5,8-9,23H2,1H3,(H,24,28). The summed E-state index contributed by atoms with van der Waals surface area (Å²) in [6, 6.07) is 6.92. The molecule has 0 aliphatic carbocycles. The van der Waals surface area contributed by atoms with Crippen molar-refractivity contribution in [2.24, 2.45) is 18.7 Å². The smallest absolute Gasteiger partial charge is 0.351 e. The van der Waals surface area contributed by atoms with Crippen LogP contribution in [0.25, 0.3) is 11.3 Å². The maximum absolute atomic E-state index is 12.9. The molecule has 2 heterocycles. The fourth-order valence-corrected chi connectivity index (χ4v) is 3.73. The van der Waals surface area contributed by atoms with E-state index in [0.29, 0.717) is 16.9 Å². The molecule has 2 aromatic heterocycles. The Morgan fingerprint density at radius 3 is 2.79 bits per heavy atom. The largest absolute Gasteiger partial charge is 0.416 e. The van der Waals surface area contributed by atoms with E-state index < -0.39 is 11.7 Å². The number of benzene rings is 1. The summed E-state index contributed by atoms with van der Waals surface area (Å²) in [5.41, 5.74) is 7.25. The Kier molecular flexibility index (Phi) is 6.33. The Morgan fingerprint density at radius 1 is 1.34 bits per heavy atom. The van der Waals surface area contributed by atoms with Gasteiger partial charge in [-0.1, -0.05) is 23.4 Å². The first-order valence-electron chi connectivity index (χ1n) is 8.86. The molecule has 3 aromatic rings. The monoisotopic (exact) mass is 423 g/mol. The summed E-state index contributed by atoms with van der Waals surface area (Å²) >= 11 is 1.30. The third-order valence-electron chi connectivity index (χ3n) is 4.50. The van der Waals surface area contributed by atoms with Crippen molar-refractivity contribution in [1.82, 2.24) is 20.3 Å². The van der Waals surface area contributed by atoms with Crippen LogP contribution in [-0.4, -0.2) is 34.0 Å². The lowest BCUT2D eigenvalue weighted by Gasteiger charge is -2.16. The third kappa shape index (κ3) is 5.21. The van der Waals surface area contributed by atoms with Gasteiger partial charge in [0.05, 0.1) is 22.3 Å². The first kappa shape index (κ1) is 21.0. The summed E-state index contributed by atoms with van der Waals surface area (Å²) in [5.74, 6) is -0.429. The van der Waals surface area contributed by atoms with Crippen LogP contribution in [0.2, 0.25) is 0 Å². The number of rotatable bonds is 7. The molecular formula is C19H20F3N5OS. The van der Waals surface area contributed by atoms with Crippen LogP contribution in [0.4, 0.5) is 13.2 Å². The normalized spacial score (nSPS) is 12.7. The molecule has 3 rings (SSSR count). The highest BCUT2D eigenvalue weighted by Gasteiger charge is 2.30. The first-order chi connectivity index (χ1) is 13.8. The fraction of sp³-hybridized carbons (Fsp3) is 0.316. The lowest BCUT2D eigenvalue weighted by Crippen LogP contribution is -2.33. The number of aryl methyl sites for hydroxylation is 1. The molecule has 1 atom stereocenters. The van der Waals surface area contributed by atoms with E-state index >= 15 is 0 Å². The second kappa shape index (κ2) is 8.75. The van der Waals surface area contributed by atoms with Crippen molar-refractivity contribution in [1.29, 1.82) is 0 Å². The molecule has 154 valence electrons. The molecule has 1 unspecified atom stereocenters. The predicted molar refractivity (Wildman–Crippen MR) is 104 cm³/mol. The molecular weight excluding hydrogens is 403 g/mol. The first-order valence-corrected chi connectivity index (χ1v) is 9.74. The maximum atomic E-state index is 12.9. The minimum Gasteiger partial charge on any atom is -0.351 e. The van der Waals surface area contributed by atoms with Crippen LogP contribution in [-0.2, 0) is 19.6 Å². The summed E-state index contributed by atoms with van der Waals surface area (Å²) in [7, 11) is 1.76. The van der Waals surface area contributed by atoms with Crippen molar-refractivity contribution in [3.63, 3.8) is 0 Å². The van der Waals surface area contributed by atoms with Gasteiger partial charge in [-0.05, 0) is 36.6 Å². The van der Waals surface area contributed by atoms with Crippen LogP contribution in [0.1, 0.15) is 20.8 Å². The van der Waals surface area contributed by atoms with Crippen molar-refractivity contribution in [2.45, 2.75) is 12.6 Å². The van der Waals surface area contributed by atoms with Crippen LogP contribution in [0, 0.1) is 5.92 Å². The molecule has 0 bridgehead atoms. The van der Waals surface area contributed by atoms with Gasteiger partial charge in [-0.2, -0.15) is 13.2 Å². The molecule has 6 nitrogen and oxygen atoms in total. The number of aromatic nitrogens is 3. The number of nitrogens with one attached hydrogen (secondary N) is 1. The Bertz CT molecular complexity index is 982. The zero-order valence-corrected chi connectivity index (χ0v) is 16.4. The molecule has 1 amide bonds. The summed E-state index contributed by atoms with van der Waals surface area (Å²) in [5, 5.41) is 12.3. The zero-order chi connectivity index (χ0) is 21.0. The number of hydrogen-bond donors (Lipinski definition) is 2. The summed E-state index contributed by atoms with van der Waals surface area (Å²) in [6.45, 7) is 0.513. The molecule has 0 saturated carbocycles. The molecule has 0 spiro atoms. The Morgan fingerprint density at radius 2 is 2.14 bits per heavy atom. The lowest BCUT2D eigenvalue weighted by molar-refractivity contribution is -0.137. The molecule has 29 heavy (non-hydrogen) atoms. The van der Waals surface area contributed by atoms with Crippen molar-refractivity contribution in [3.05, 3.63) is 57.9 Å². The van der Waals surface area contributed by atoms with Gasteiger partial charge >= 0.3 is 6.18 Å². The quantitative estimate of drug-likeness (QED) is 0.612. The van der Waals surface area contributed by atoms with E-state index in [9.17, 15) is 18.0 Å². The highest BCUT2D eigenvalue weighted by molar-refractivity contribution is 7.12. The van der Waals surface area contributed by atoms with E-state index in [0.717, 1.165) is 23.4 Å². The van der Waals surface area contributed by atoms with Gasteiger partial charge in [0.2, 0.25) is 0 Å². The van der Waals surface area contributed by atoms with Crippen molar-refractivity contribution >= 4 is 17.2 Å². The second-order valence-corrected chi connectivity index (χ2v) is 7.57. The van der Waals surface area contributed by atoms with Crippen molar-refractivity contribution in [3.8, 4) is 11.3 Å². The second-order valence-electron chi connectivity index (χ2n) is 6.66. The van der Waals surface area contributed by atoms with E-state index in [1.54, 1.807) is 30.1 Å². The Labute approximate surface area is 169 Å². The summed E-state index contributed by atoms with van der Waals surface area (Å²) in [6.07, 6.45) is -2.43. The van der Waals surface area contributed by atoms with E-state index in [1.165, 1.54) is 17.4 Å². The van der Waals surface area contributed by atoms with Gasteiger partial charge in [-0.25, -0.2) is 4.68 Å². The van der Waals surface area contributed by atoms with Gasteiger partial charge in [-0.15, -0.1) is 16.4 Å². The molecule has 0 saturated heterocycles. The van der Waals surface area contributed by atoms with Crippen LogP contribution >= 0.6 is 11.3 Å². The minimum atomic E-state index is -4.39. The van der Waals surface area contributed by atoms with Gasteiger partial charge in [-0.3, -0.25) is 4.79 Å². The van der Waals surface area contributed by atoms with E-state index in [1.807, 2.05) is 5.38 Å². The van der Waals surface area contributed by atoms with Crippen LogP contribution in [0.5, 0.6) is 0 Å². The SMILES string of the molecule is Cn1nncc1-c1csc(C(=O)NCC(CN)Cc2cccc(C(F)(F)F)c2)c1. The van der Waals surface area contributed by atoms with Gasteiger partial charge in [0, 0.05) is 24.5 Å². The number of halogens is 3. The van der Waals surface area contributed by atoms with Gasteiger partial charge in [0.15, 0.2) is 0 Å². The highest BCUT2D eigenvalue weighted by Crippen LogP contribution is 2.30.